The monoisotopic (exact) mass is 681 g/mol. The minimum atomic E-state index is -1.36. The molecular formula is C27H23N9O9S2. The van der Waals surface area contributed by atoms with Gasteiger partial charge in [0.25, 0.3) is 11.8 Å². The second-order valence-electron chi connectivity index (χ2n) is 10.1. The number of aromatic hydroxyl groups is 4. The van der Waals surface area contributed by atoms with Crippen molar-refractivity contribution in [2.24, 2.45) is 5.16 Å². The van der Waals surface area contributed by atoms with Crippen LogP contribution < -0.4 is 11.1 Å². The smallest absolute Gasteiger partial charge is 0.352 e. The van der Waals surface area contributed by atoms with Crippen LogP contribution in [0.25, 0.3) is 11.4 Å². The number of phenols is 4. The summed E-state index contributed by atoms with van der Waals surface area (Å²) in [5.74, 6) is -3.97. The Morgan fingerprint density at radius 1 is 1.09 bits per heavy atom. The van der Waals surface area contributed by atoms with E-state index in [1.54, 1.807) is 0 Å². The average Bonchev–Trinajstić information content (AvgIpc) is 3.69. The molecule has 18 nitrogen and oxygen atoms in total. The van der Waals surface area contributed by atoms with Gasteiger partial charge < -0.3 is 41.4 Å². The number of thiazole rings is 1. The summed E-state index contributed by atoms with van der Waals surface area (Å²) >= 11 is 2.27. The van der Waals surface area contributed by atoms with Gasteiger partial charge >= 0.3 is 5.97 Å². The highest BCUT2D eigenvalue weighted by atomic mass is 32.2. The first-order valence-corrected chi connectivity index (χ1v) is 15.4. The summed E-state index contributed by atoms with van der Waals surface area (Å²) in [6.07, 6.45) is 0. The Morgan fingerprint density at radius 2 is 1.83 bits per heavy atom. The molecule has 2 amide bonds. The summed E-state index contributed by atoms with van der Waals surface area (Å²) in [5.41, 5.74) is 6.37. The molecule has 242 valence electrons. The minimum absolute atomic E-state index is 0.0779. The Balaban J connectivity index is 1.17. The first kappa shape index (κ1) is 31.1. The lowest BCUT2D eigenvalue weighted by Crippen LogP contribution is -2.71. The molecule has 8 N–H and O–H groups in total. The van der Waals surface area contributed by atoms with Gasteiger partial charge in [-0.3, -0.25) is 14.5 Å². The van der Waals surface area contributed by atoms with Gasteiger partial charge in [-0.2, -0.15) is 4.80 Å². The second kappa shape index (κ2) is 12.5. The van der Waals surface area contributed by atoms with Crippen LogP contribution in [0.3, 0.4) is 0 Å². The number of nitrogens with two attached hydrogens (primary N) is 1. The number of benzene rings is 2. The number of nitrogens with zero attached hydrogens (tertiary/aromatic N) is 7. The van der Waals surface area contributed by atoms with Gasteiger partial charge in [-0.15, -0.1) is 33.3 Å². The zero-order valence-corrected chi connectivity index (χ0v) is 25.3. The number of anilines is 1. The predicted octanol–water partition coefficient (Wildman–Crippen LogP) is 0.561. The van der Waals surface area contributed by atoms with Crippen LogP contribution in [0.2, 0.25) is 0 Å². The van der Waals surface area contributed by atoms with Crippen LogP contribution in [-0.2, 0) is 32.4 Å². The van der Waals surface area contributed by atoms with Crippen LogP contribution in [0, 0.1) is 0 Å². The van der Waals surface area contributed by atoms with Gasteiger partial charge in [0, 0.05) is 16.7 Å². The molecule has 2 aliphatic heterocycles. The molecule has 20 heteroatoms. The molecule has 2 aliphatic rings. The maximum Gasteiger partial charge on any atom is 0.352 e. The number of aromatic nitrogens is 5. The van der Waals surface area contributed by atoms with Gasteiger partial charge in [0.15, 0.2) is 33.8 Å². The SMILES string of the molecule is Nc1nc(C(=NOCc2ccc(O)c(O)c2)C(=O)N[C@@H]2C(=O)N3C(C(=O)O)=C(Cn4nnc(-c5ccc(O)c(O)c5)n4)CS[C@H]23)cs1. The molecule has 1 fully saturated rings. The predicted molar refractivity (Wildman–Crippen MR) is 164 cm³/mol. The highest BCUT2D eigenvalue weighted by Crippen LogP contribution is 2.41. The number of thioether (sulfide) groups is 1. The highest BCUT2D eigenvalue weighted by Gasteiger charge is 2.54. The molecule has 6 rings (SSSR count). The summed E-state index contributed by atoms with van der Waals surface area (Å²) in [6.45, 7) is -0.300. The van der Waals surface area contributed by atoms with E-state index in [9.17, 15) is 39.9 Å². The fourth-order valence-electron chi connectivity index (χ4n) is 4.70. The first-order valence-electron chi connectivity index (χ1n) is 13.4. The number of hydrogen-bond acceptors (Lipinski definition) is 16. The van der Waals surface area contributed by atoms with Crippen molar-refractivity contribution in [1.29, 1.82) is 0 Å². The van der Waals surface area contributed by atoms with Crippen LogP contribution in [-0.4, -0.2) is 96.3 Å². The fraction of sp³-hybridized carbons (Fsp3) is 0.185. The normalized spacial score (nSPS) is 17.7. The first-order chi connectivity index (χ1) is 22.5. The van der Waals surface area contributed by atoms with Crippen molar-refractivity contribution < 1.29 is 44.8 Å². The van der Waals surface area contributed by atoms with Crippen molar-refractivity contribution in [3.05, 3.63) is 64.3 Å². The maximum absolute atomic E-state index is 13.4. The standard InChI is InChI=1S/C27H23N9O9S2/c28-27-29-14(10-47-27)19(33-45-8-11-1-3-15(37)17(39)5-11)23(41)30-20-24(42)36-21(26(43)44)13(9-46-25(20)36)7-35-32-22(31-34-35)12-2-4-16(38)18(40)6-12/h1-6,10,20,25,37-40H,7-9H2,(H2,28,29)(H,30,41)(H,43,44)/t20-,25-/m1/s1. The third-order valence-corrected chi connectivity index (χ3v) is 8.98. The van der Waals surface area contributed by atoms with E-state index in [4.69, 9.17) is 10.6 Å². The van der Waals surface area contributed by atoms with Crippen molar-refractivity contribution in [3.63, 3.8) is 0 Å². The molecule has 0 radical (unpaired) electrons. The molecule has 0 saturated carbocycles. The number of nitrogen functional groups attached to an aromatic ring is 1. The van der Waals surface area contributed by atoms with E-state index in [0.717, 1.165) is 21.0 Å². The number of phenolic OH excluding ortho intramolecular Hbond substituents is 4. The van der Waals surface area contributed by atoms with E-state index in [1.165, 1.54) is 53.5 Å². The van der Waals surface area contributed by atoms with Gasteiger partial charge in [0.1, 0.15) is 29.4 Å². The third-order valence-electron chi connectivity index (χ3n) is 6.96. The Hall–Kier alpha value is -5.89. The van der Waals surface area contributed by atoms with Crippen molar-refractivity contribution in [2.75, 3.05) is 11.5 Å². The number of nitrogens with one attached hydrogen (secondary N) is 1. The topological polar surface area (TPSA) is 272 Å². The highest BCUT2D eigenvalue weighted by molar-refractivity contribution is 8.00. The molecule has 0 unspecified atom stereocenters. The molecule has 0 bridgehead atoms. The molecule has 0 spiro atoms. The maximum atomic E-state index is 13.4. The number of hydrogen-bond donors (Lipinski definition) is 7. The number of carbonyl (C=O) groups excluding carboxylic acids is 2. The van der Waals surface area contributed by atoms with E-state index in [0.29, 0.717) is 16.7 Å². The number of oxime groups is 1. The molecule has 2 aromatic carbocycles. The van der Waals surface area contributed by atoms with E-state index in [1.807, 2.05) is 0 Å². The van der Waals surface area contributed by atoms with Crippen LogP contribution in [0.1, 0.15) is 11.3 Å². The number of rotatable bonds is 10. The number of aliphatic carboxylic acids is 1. The van der Waals surface area contributed by atoms with Crippen molar-refractivity contribution in [1.82, 2.24) is 35.4 Å². The van der Waals surface area contributed by atoms with E-state index < -0.39 is 29.2 Å². The number of carboxylic acids is 1. The van der Waals surface area contributed by atoms with Crippen LogP contribution in [0.4, 0.5) is 5.13 Å². The molecular weight excluding hydrogens is 658 g/mol. The van der Waals surface area contributed by atoms with Gasteiger partial charge in [0.05, 0.1) is 6.54 Å². The molecule has 2 atom stereocenters. The quantitative estimate of drug-likeness (QED) is 0.0521. The molecule has 2 aromatic heterocycles. The van der Waals surface area contributed by atoms with Gasteiger partial charge in [-0.05, 0) is 46.7 Å². The molecule has 4 heterocycles. The molecule has 1 saturated heterocycles. The lowest BCUT2D eigenvalue weighted by Gasteiger charge is -2.49. The summed E-state index contributed by atoms with van der Waals surface area (Å²) in [7, 11) is 0. The lowest BCUT2D eigenvalue weighted by molar-refractivity contribution is -0.150. The zero-order chi connectivity index (χ0) is 33.4. The van der Waals surface area contributed by atoms with Gasteiger partial charge in [-0.1, -0.05) is 11.2 Å². The molecule has 4 aromatic rings. The van der Waals surface area contributed by atoms with Crippen LogP contribution in [0.15, 0.2) is 58.2 Å². The van der Waals surface area contributed by atoms with Crippen molar-refractivity contribution >= 4 is 51.7 Å². The van der Waals surface area contributed by atoms with E-state index in [-0.39, 0.29) is 70.0 Å². The zero-order valence-electron chi connectivity index (χ0n) is 23.7. The fourth-order valence-corrected chi connectivity index (χ4v) is 6.59. The Bertz CT molecular complexity index is 1980. The van der Waals surface area contributed by atoms with Crippen LogP contribution in [0.5, 0.6) is 23.0 Å². The second-order valence-corrected chi connectivity index (χ2v) is 12.1. The number of carboxylic acid groups (broad SMARTS) is 1. The largest absolute Gasteiger partial charge is 0.504 e. The summed E-state index contributed by atoms with van der Waals surface area (Å²) in [6, 6.07) is 6.88. The molecule has 47 heavy (non-hydrogen) atoms. The van der Waals surface area contributed by atoms with Crippen molar-refractivity contribution in [3.8, 4) is 34.4 Å². The number of β-lactam (4-membered cyclic amide) rings is 1. The van der Waals surface area contributed by atoms with Gasteiger partial charge in [0.2, 0.25) is 5.82 Å². The van der Waals surface area contributed by atoms with Crippen LogP contribution >= 0.6 is 23.1 Å². The van der Waals surface area contributed by atoms with E-state index >= 15 is 0 Å². The average molecular weight is 682 g/mol. The van der Waals surface area contributed by atoms with Crippen molar-refractivity contribution in [2.45, 2.75) is 24.6 Å². The number of fused-ring (bicyclic) bond motifs is 1. The number of carbonyl (C=O) groups is 3. The Kier molecular flexibility index (Phi) is 8.26. The van der Waals surface area contributed by atoms with E-state index in [2.05, 4.69) is 30.9 Å². The third kappa shape index (κ3) is 6.18. The number of amides is 2. The Morgan fingerprint density at radius 3 is 2.51 bits per heavy atom. The Labute approximate surface area is 271 Å². The number of tetrazole rings is 1. The lowest BCUT2D eigenvalue weighted by atomic mass is 10.0. The summed E-state index contributed by atoms with van der Waals surface area (Å²) in [4.78, 5) is 50.6. The van der Waals surface area contributed by atoms with Gasteiger partial charge in [-0.25, -0.2) is 9.78 Å². The summed E-state index contributed by atoms with van der Waals surface area (Å²) < 4.78 is 0. The minimum Gasteiger partial charge on any atom is -0.504 e. The summed E-state index contributed by atoms with van der Waals surface area (Å²) in [5, 5.41) is 68.0. The molecule has 0 aliphatic carbocycles.